The van der Waals surface area contributed by atoms with Gasteiger partial charge in [-0.3, -0.25) is 0 Å². The van der Waals surface area contributed by atoms with Crippen LogP contribution < -0.4 is 5.32 Å². The van der Waals surface area contributed by atoms with Crippen molar-refractivity contribution < 1.29 is 4.74 Å². The fraction of sp³-hybridized carbons (Fsp3) is 0.526. The summed E-state index contributed by atoms with van der Waals surface area (Å²) in [7, 11) is 0. The summed E-state index contributed by atoms with van der Waals surface area (Å²) in [6.45, 7) is 7.83. The Kier molecular flexibility index (Phi) is 3.54. The van der Waals surface area contributed by atoms with E-state index in [1.54, 1.807) is 6.20 Å². The normalized spacial score (nSPS) is 29.8. The van der Waals surface area contributed by atoms with Gasteiger partial charge in [0.25, 0.3) is 0 Å². The van der Waals surface area contributed by atoms with Gasteiger partial charge in [0.15, 0.2) is 0 Å². The van der Waals surface area contributed by atoms with Crippen molar-refractivity contribution in [3.8, 4) is 5.69 Å². The molecule has 23 heavy (non-hydrogen) atoms. The standard InChI is InChI=1S/C19H25N3O/c1-13(21-17-16-8-11-23-18(16)19(17,2)3)14-4-6-15(7-5-14)22-10-9-20-12-22/h4-7,9-10,12-13,16-18,21H,8,11H2,1-3H3/t13-,16-,17+,18-/m0/s1. The van der Waals surface area contributed by atoms with E-state index in [4.69, 9.17) is 4.74 Å². The number of nitrogens with zero attached hydrogens (tertiary/aromatic N) is 2. The molecule has 1 aliphatic carbocycles. The average Bonchev–Trinajstić information content (AvgIpc) is 3.23. The highest BCUT2D eigenvalue weighted by Crippen LogP contribution is 2.52. The summed E-state index contributed by atoms with van der Waals surface area (Å²) < 4.78 is 7.92. The zero-order valence-electron chi connectivity index (χ0n) is 14.1. The molecule has 1 aromatic heterocycles. The minimum absolute atomic E-state index is 0.228. The predicted molar refractivity (Wildman–Crippen MR) is 90.5 cm³/mol. The minimum atomic E-state index is 0.228. The van der Waals surface area contributed by atoms with Crippen LogP contribution in [0.5, 0.6) is 0 Å². The second kappa shape index (κ2) is 5.46. The van der Waals surface area contributed by atoms with Gasteiger partial charge >= 0.3 is 0 Å². The molecule has 0 radical (unpaired) electrons. The van der Waals surface area contributed by atoms with Crippen molar-refractivity contribution in [3.63, 3.8) is 0 Å². The molecule has 4 rings (SSSR count). The molecule has 4 heteroatoms. The molecule has 1 N–H and O–H groups in total. The number of nitrogens with one attached hydrogen (secondary N) is 1. The maximum atomic E-state index is 5.89. The van der Waals surface area contributed by atoms with Gasteiger partial charge in [-0.1, -0.05) is 26.0 Å². The molecule has 2 aliphatic rings. The molecule has 0 unspecified atom stereocenters. The number of hydrogen-bond acceptors (Lipinski definition) is 3. The number of aromatic nitrogens is 2. The third-order valence-corrected chi connectivity index (χ3v) is 5.73. The average molecular weight is 311 g/mol. The molecule has 0 spiro atoms. The van der Waals surface area contributed by atoms with E-state index in [-0.39, 0.29) is 5.41 Å². The van der Waals surface area contributed by atoms with Gasteiger partial charge in [0, 0.05) is 48.1 Å². The largest absolute Gasteiger partial charge is 0.377 e. The van der Waals surface area contributed by atoms with Crippen LogP contribution in [0.1, 0.15) is 38.8 Å². The molecule has 0 bridgehead atoms. The topological polar surface area (TPSA) is 39.1 Å². The Labute approximate surface area is 137 Å². The summed E-state index contributed by atoms with van der Waals surface area (Å²) in [4.78, 5) is 4.10. The van der Waals surface area contributed by atoms with E-state index in [1.807, 2.05) is 17.1 Å². The minimum Gasteiger partial charge on any atom is -0.377 e. The molecule has 2 fully saturated rings. The Morgan fingerprint density at radius 3 is 2.78 bits per heavy atom. The summed E-state index contributed by atoms with van der Waals surface area (Å²) >= 11 is 0. The van der Waals surface area contributed by atoms with Crippen LogP contribution in [0.4, 0.5) is 0 Å². The van der Waals surface area contributed by atoms with E-state index in [2.05, 4.69) is 55.3 Å². The van der Waals surface area contributed by atoms with Crippen LogP contribution >= 0.6 is 0 Å². The van der Waals surface area contributed by atoms with Crippen molar-refractivity contribution >= 4 is 0 Å². The second-order valence-electron chi connectivity index (χ2n) is 7.49. The van der Waals surface area contributed by atoms with Gasteiger partial charge in [0.05, 0.1) is 12.4 Å². The molecule has 4 atom stereocenters. The van der Waals surface area contributed by atoms with Gasteiger partial charge in [-0.25, -0.2) is 4.98 Å². The zero-order chi connectivity index (χ0) is 16.0. The first-order valence-corrected chi connectivity index (χ1v) is 8.53. The number of imidazole rings is 1. The first-order valence-electron chi connectivity index (χ1n) is 8.53. The molecule has 122 valence electrons. The Balaban J connectivity index is 1.46. The second-order valence-corrected chi connectivity index (χ2v) is 7.49. The predicted octanol–water partition coefficient (Wildman–Crippen LogP) is 3.34. The van der Waals surface area contributed by atoms with E-state index in [1.165, 1.54) is 12.0 Å². The molecule has 0 amide bonds. The zero-order valence-corrected chi connectivity index (χ0v) is 14.1. The van der Waals surface area contributed by atoms with Crippen LogP contribution in [-0.2, 0) is 4.74 Å². The number of benzene rings is 1. The molecular weight excluding hydrogens is 286 g/mol. The Morgan fingerprint density at radius 1 is 1.30 bits per heavy atom. The lowest BCUT2D eigenvalue weighted by Crippen LogP contribution is -2.66. The van der Waals surface area contributed by atoms with Gasteiger partial charge in [-0.15, -0.1) is 0 Å². The number of ether oxygens (including phenoxy) is 1. The Hall–Kier alpha value is -1.65. The lowest BCUT2D eigenvalue weighted by molar-refractivity contribution is -0.115. The maximum Gasteiger partial charge on any atom is 0.0991 e. The van der Waals surface area contributed by atoms with Crippen molar-refractivity contribution in [1.82, 2.24) is 14.9 Å². The highest BCUT2D eigenvalue weighted by atomic mass is 16.5. The van der Waals surface area contributed by atoms with Crippen LogP contribution in [0.25, 0.3) is 5.69 Å². The molecule has 1 saturated carbocycles. The molecule has 1 aliphatic heterocycles. The van der Waals surface area contributed by atoms with Gasteiger partial charge in [-0.05, 0) is 31.0 Å². The van der Waals surface area contributed by atoms with E-state index >= 15 is 0 Å². The first-order chi connectivity index (χ1) is 11.1. The quantitative estimate of drug-likeness (QED) is 0.941. The molecule has 1 aromatic carbocycles. The molecule has 2 heterocycles. The summed E-state index contributed by atoms with van der Waals surface area (Å²) in [5, 5.41) is 3.85. The molecule has 2 aromatic rings. The third kappa shape index (κ3) is 2.41. The van der Waals surface area contributed by atoms with Crippen molar-refractivity contribution in [2.75, 3.05) is 6.61 Å². The van der Waals surface area contributed by atoms with Gasteiger partial charge in [-0.2, -0.15) is 0 Å². The van der Waals surface area contributed by atoms with E-state index in [9.17, 15) is 0 Å². The highest BCUT2D eigenvalue weighted by molar-refractivity contribution is 5.35. The summed E-state index contributed by atoms with van der Waals surface area (Å²) in [6.07, 6.45) is 7.23. The molecule has 4 nitrogen and oxygen atoms in total. The summed E-state index contributed by atoms with van der Waals surface area (Å²) in [6, 6.07) is 9.62. The van der Waals surface area contributed by atoms with Crippen molar-refractivity contribution in [1.29, 1.82) is 0 Å². The lowest BCUT2D eigenvalue weighted by atomic mass is 9.57. The van der Waals surface area contributed by atoms with Gasteiger partial charge in [0.2, 0.25) is 0 Å². The number of hydrogen-bond donors (Lipinski definition) is 1. The van der Waals surface area contributed by atoms with E-state index < -0.39 is 0 Å². The number of rotatable bonds is 4. The summed E-state index contributed by atoms with van der Waals surface area (Å²) in [5.74, 6) is 0.678. The highest BCUT2D eigenvalue weighted by Gasteiger charge is 2.59. The monoisotopic (exact) mass is 311 g/mol. The fourth-order valence-corrected chi connectivity index (χ4v) is 4.38. The lowest BCUT2D eigenvalue weighted by Gasteiger charge is -2.55. The van der Waals surface area contributed by atoms with Crippen LogP contribution in [0.2, 0.25) is 0 Å². The maximum absolute atomic E-state index is 5.89. The van der Waals surface area contributed by atoms with Gasteiger partial charge < -0.3 is 14.6 Å². The van der Waals surface area contributed by atoms with E-state index in [0.29, 0.717) is 24.1 Å². The number of fused-ring (bicyclic) bond motifs is 1. The fourth-order valence-electron chi connectivity index (χ4n) is 4.38. The molecular formula is C19H25N3O. The third-order valence-electron chi connectivity index (χ3n) is 5.73. The smallest absolute Gasteiger partial charge is 0.0991 e. The van der Waals surface area contributed by atoms with Crippen LogP contribution in [0.15, 0.2) is 43.0 Å². The van der Waals surface area contributed by atoms with Crippen LogP contribution in [0, 0.1) is 11.3 Å². The molecule has 1 saturated heterocycles. The van der Waals surface area contributed by atoms with Crippen LogP contribution in [-0.4, -0.2) is 28.3 Å². The van der Waals surface area contributed by atoms with Crippen molar-refractivity contribution in [2.45, 2.75) is 45.4 Å². The van der Waals surface area contributed by atoms with Crippen LogP contribution in [0.3, 0.4) is 0 Å². The van der Waals surface area contributed by atoms with Gasteiger partial charge in [0.1, 0.15) is 0 Å². The Morgan fingerprint density at radius 2 is 2.09 bits per heavy atom. The van der Waals surface area contributed by atoms with Crippen molar-refractivity contribution in [3.05, 3.63) is 48.5 Å². The SMILES string of the molecule is C[C@H](N[C@@H]1[C@@H]2CCO[C@@H]2C1(C)C)c1ccc(-n2ccnc2)cc1. The summed E-state index contributed by atoms with van der Waals surface area (Å²) in [5.41, 5.74) is 2.70. The first kappa shape index (κ1) is 14.9. The Bertz CT molecular complexity index is 662. The van der Waals surface area contributed by atoms with Crippen molar-refractivity contribution in [2.24, 2.45) is 11.3 Å². The van der Waals surface area contributed by atoms with E-state index in [0.717, 1.165) is 12.3 Å².